The van der Waals surface area contributed by atoms with E-state index in [1.165, 1.54) is 7.11 Å². The quantitative estimate of drug-likeness (QED) is 0.853. The van der Waals surface area contributed by atoms with Gasteiger partial charge in [-0.3, -0.25) is 4.79 Å². The molecule has 1 N–H and O–H groups in total. The van der Waals surface area contributed by atoms with Gasteiger partial charge in [-0.05, 0) is 29.8 Å². The molecule has 2 aromatic carbocycles. The van der Waals surface area contributed by atoms with Gasteiger partial charge in [-0.2, -0.15) is 0 Å². The highest BCUT2D eigenvalue weighted by Gasteiger charge is 2.15. The first kappa shape index (κ1) is 14.8. The molecule has 2 aromatic rings. The first-order chi connectivity index (χ1) is 10.1. The molecule has 0 aliphatic heterocycles. The fraction of sp³-hybridized carbons (Fsp3) is 0.250. The van der Waals surface area contributed by atoms with Crippen LogP contribution < -0.4 is 10.1 Å². The first-order valence-corrected chi connectivity index (χ1v) is 6.59. The summed E-state index contributed by atoms with van der Waals surface area (Å²) in [5.74, 6) is -0.260. The van der Waals surface area contributed by atoms with Gasteiger partial charge in [-0.15, -0.1) is 0 Å². The SMILES string of the molecule is COC(=O)[C@@H](C)NC(=O)COc1ccc2ccccc2c1. The van der Waals surface area contributed by atoms with Crippen molar-refractivity contribution < 1.29 is 19.1 Å². The maximum absolute atomic E-state index is 11.7. The van der Waals surface area contributed by atoms with Crippen LogP contribution in [0.5, 0.6) is 5.75 Å². The van der Waals surface area contributed by atoms with Crippen molar-refractivity contribution in [2.24, 2.45) is 0 Å². The van der Waals surface area contributed by atoms with Gasteiger partial charge in [0.05, 0.1) is 7.11 Å². The molecule has 0 unspecified atom stereocenters. The van der Waals surface area contributed by atoms with Crippen LogP contribution in [0, 0.1) is 0 Å². The van der Waals surface area contributed by atoms with Crippen LogP contribution in [0.4, 0.5) is 0 Å². The lowest BCUT2D eigenvalue weighted by Crippen LogP contribution is -2.41. The zero-order chi connectivity index (χ0) is 15.2. The molecule has 110 valence electrons. The van der Waals surface area contributed by atoms with Gasteiger partial charge in [0.1, 0.15) is 11.8 Å². The van der Waals surface area contributed by atoms with E-state index >= 15 is 0 Å². The molecular weight excluding hydrogens is 270 g/mol. The predicted molar refractivity (Wildman–Crippen MR) is 79.1 cm³/mol. The second-order valence-corrected chi connectivity index (χ2v) is 4.61. The van der Waals surface area contributed by atoms with E-state index < -0.39 is 12.0 Å². The summed E-state index contributed by atoms with van der Waals surface area (Å²) >= 11 is 0. The lowest BCUT2D eigenvalue weighted by molar-refractivity contribution is -0.144. The third-order valence-electron chi connectivity index (χ3n) is 3.02. The Morgan fingerprint density at radius 3 is 2.57 bits per heavy atom. The molecule has 0 radical (unpaired) electrons. The van der Waals surface area contributed by atoms with Gasteiger partial charge < -0.3 is 14.8 Å². The number of methoxy groups -OCH3 is 1. The third-order valence-corrected chi connectivity index (χ3v) is 3.02. The fourth-order valence-corrected chi connectivity index (χ4v) is 1.92. The Balaban J connectivity index is 1.92. The molecule has 1 amide bonds. The average Bonchev–Trinajstić information content (AvgIpc) is 2.51. The Morgan fingerprint density at radius 1 is 1.14 bits per heavy atom. The second-order valence-electron chi connectivity index (χ2n) is 4.61. The molecular formula is C16H17NO4. The van der Waals surface area contributed by atoms with Crippen LogP contribution in [0.2, 0.25) is 0 Å². The van der Waals surface area contributed by atoms with Crippen LogP contribution in [-0.4, -0.2) is 31.6 Å². The molecule has 0 aromatic heterocycles. The maximum Gasteiger partial charge on any atom is 0.328 e. The van der Waals surface area contributed by atoms with Crippen molar-refractivity contribution in [3.63, 3.8) is 0 Å². The van der Waals surface area contributed by atoms with E-state index in [0.717, 1.165) is 10.8 Å². The van der Waals surface area contributed by atoms with E-state index in [2.05, 4.69) is 10.1 Å². The second kappa shape index (κ2) is 6.74. The van der Waals surface area contributed by atoms with Crippen molar-refractivity contribution in [2.75, 3.05) is 13.7 Å². The van der Waals surface area contributed by atoms with Crippen LogP contribution in [-0.2, 0) is 14.3 Å². The molecule has 0 saturated carbocycles. The number of ether oxygens (including phenoxy) is 2. The number of hydrogen-bond donors (Lipinski definition) is 1. The van der Waals surface area contributed by atoms with Gasteiger partial charge in [0.2, 0.25) is 0 Å². The number of fused-ring (bicyclic) bond motifs is 1. The number of carbonyl (C=O) groups excluding carboxylic acids is 2. The number of amides is 1. The van der Waals surface area contributed by atoms with E-state index in [0.29, 0.717) is 5.75 Å². The van der Waals surface area contributed by atoms with E-state index in [4.69, 9.17) is 4.74 Å². The van der Waals surface area contributed by atoms with Crippen LogP contribution in [0.15, 0.2) is 42.5 Å². The number of carbonyl (C=O) groups is 2. The van der Waals surface area contributed by atoms with E-state index in [-0.39, 0.29) is 12.5 Å². The summed E-state index contributed by atoms with van der Waals surface area (Å²) < 4.78 is 9.96. The van der Waals surface area contributed by atoms with Crippen LogP contribution >= 0.6 is 0 Å². The molecule has 5 heteroatoms. The molecule has 21 heavy (non-hydrogen) atoms. The zero-order valence-corrected chi connectivity index (χ0v) is 12.0. The van der Waals surface area contributed by atoms with E-state index in [9.17, 15) is 9.59 Å². The van der Waals surface area contributed by atoms with E-state index in [1.54, 1.807) is 13.0 Å². The molecule has 0 fully saturated rings. The maximum atomic E-state index is 11.7. The monoisotopic (exact) mass is 287 g/mol. The van der Waals surface area contributed by atoms with Gasteiger partial charge >= 0.3 is 5.97 Å². The molecule has 1 atom stereocenters. The van der Waals surface area contributed by atoms with Crippen LogP contribution in [0.25, 0.3) is 10.8 Å². The summed E-state index contributed by atoms with van der Waals surface area (Å²) in [7, 11) is 1.27. The smallest absolute Gasteiger partial charge is 0.328 e. The summed E-state index contributed by atoms with van der Waals surface area (Å²) in [5.41, 5.74) is 0. The minimum absolute atomic E-state index is 0.153. The predicted octanol–water partition coefficient (Wildman–Crippen LogP) is 1.90. The van der Waals surface area contributed by atoms with Gasteiger partial charge in [-0.25, -0.2) is 4.79 Å². The Morgan fingerprint density at radius 2 is 1.86 bits per heavy atom. The highest BCUT2D eigenvalue weighted by molar-refractivity contribution is 5.85. The molecule has 0 bridgehead atoms. The lowest BCUT2D eigenvalue weighted by Gasteiger charge is -2.12. The number of nitrogens with one attached hydrogen (secondary N) is 1. The Hall–Kier alpha value is -2.56. The Labute approximate surface area is 122 Å². The van der Waals surface area contributed by atoms with Gasteiger partial charge in [0, 0.05) is 0 Å². The van der Waals surface area contributed by atoms with Crippen molar-refractivity contribution in [3.8, 4) is 5.75 Å². The van der Waals surface area contributed by atoms with Crippen LogP contribution in [0.3, 0.4) is 0 Å². The van der Waals surface area contributed by atoms with Gasteiger partial charge in [-0.1, -0.05) is 30.3 Å². The molecule has 0 aliphatic rings. The highest BCUT2D eigenvalue weighted by Crippen LogP contribution is 2.20. The normalized spacial score (nSPS) is 11.7. The summed E-state index contributed by atoms with van der Waals surface area (Å²) in [6.07, 6.45) is 0. The number of esters is 1. The summed E-state index contributed by atoms with van der Waals surface area (Å²) in [6, 6.07) is 12.8. The molecule has 2 rings (SSSR count). The van der Waals surface area contributed by atoms with Crippen molar-refractivity contribution in [1.29, 1.82) is 0 Å². The Bertz CT molecular complexity index is 654. The van der Waals surface area contributed by atoms with Crippen molar-refractivity contribution in [3.05, 3.63) is 42.5 Å². The minimum atomic E-state index is -0.692. The zero-order valence-electron chi connectivity index (χ0n) is 12.0. The molecule has 5 nitrogen and oxygen atoms in total. The topological polar surface area (TPSA) is 64.6 Å². The Kier molecular flexibility index (Phi) is 4.77. The first-order valence-electron chi connectivity index (χ1n) is 6.59. The van der Waals surface area contributed by atoms with Crippen molar-refractivity contribution >= 4 is 22.6 Å². The summed E-state index contributed by atoms with van der Waals surface area (Å²) in [5, 5.41) is 4.64. The van der Waals surface area contributed by atoms with Crippen molar-refractivity contribution in [1.82, 2.24) is 5.32 Å². The molecule has 0 heterocycles. The summed E-state index contributed by atoms with van der Waals surface area (Å²) in [6.45, 7) is 1.40. The standard InChI is InChI=1S/C16H17NO4/c1-11(16(19)20-2)17-15(18)10-21-14-8-7-12-5-3-4-6-13(12)9-14/h3-9,11H,10H2,1-2H3,(H,17,18)/t11-/m1/s1. The third kappa shape index (κ3) is 3.95. The number of benzene rings is 2. The fourth-order valence-electron chi connectivity index (χ4n) is 1.92. The molecule has 0 saturated heterocycles. The largest absolute Gasteiger partial charge is 0.484 e. The van der Waals surface area contributed by atoms with Gasteiger partial charge in [0.15, 0.2) is 6.61 Å². The number of hydrogen-bond acceptors (Lipinski definition) is 4. The minimum Gasteiger partial charge on any atom is -0.484 e. The molecule has 0 aliphatic carbocycles. The van der Waals surface area contributed by atoms with Crippen molar-refractivity contribution in [2.45, 2.75) is 13.0 Å². The highest BCUT2D eigenvalue weighted by atomic mass is 16.5. The summed E-state index contributed by atoms with van der Waals surface area (Å²) in [4.78, 5) is 22.9. The van der Waals surface area contributed by atoms with E-state index in [1.807, 2.05) is 36.4 Å². The average molecular weight is 287 g/mol. The number of rotatable bonds is 5. The van der Waals surface area contributed by atoms with Gasteiger partial charge in [0.25, 0.3) is 5.91 Å². The molecule has 0 spiro atoms. The lowest BCUT2D eigenvalue weighted by atomic mass is 10.1. The van der Waals surface area contributed by atoms with Crippen LogP contribution in [0.1, 0.15) is 6.92 Å².